The van der Waals surface area contributed by atoms with Gasteiger partial charge < -0.3 is 15.2 Å². The normalized spacial score (nSPS) is 22.7. The zero-order chi connectivity index (χ0) is 13.0. The van der Waals surface area contributed by atoms with E-state index in [-0.39, 0.29) is 6.42 Å². The van der Waals surface area contributed by atoms with Crippen LogP contribution in [0.5, 0.6) is 0 Å². The molecular formula is C13H19NO3S. The smallest absolute Gasteiger partial charge is 0.308 e. The average molecular weight is 269 g/mol. The molecule has 1 heterocycles. The number of thiophene rings is 1. The maximum Gasteiger partial charge on any atom is 0.308 e. The summed E-state index contributed by atoms with van der Waals surface area (Å²) in [5.41, 5.74) is 0. The molecule has 100 valence electrons. The van der Waals surface area contributed by atoms with E-state index in [1.807, 2.05) is 19.1 Å². The first-order valence-corrected chi connectivity index (χ1v) is 7.13. The fraction of sp³-hybridized carbons (Fsp3) is 0.615. The molecular weight excluding hydrogens is 250 g/mol. The monoisotopic (exact) mass is 269 g/mol. The van der Waals surface area contributed by atoms with Crippen molar-refractivity contribution in [3.05, 3.63) is 21.9 Å². The molecule has 1 aliphatic carbocycles. The molecule has 2 rings (SSSR count). The zero-order valence-corrected chi connectivity index (χ0v) is 11.3. The third-order valence-electron chi connectivity index (χ3n) is 3.10. The average Bonchev–Trinajstić information content (AvgIpc) is 2.68. The molecule has 0 radical (unpaired) electrons. The second-order valence-electron chi connectivity index (χ2n) is 4.57. The van der Waals surface area contributed by atoms with Gasteiger partial charge in [0.25, 0.3) is 0 Å². The Morgan fingerprint density at radius 3 is 2.89 bits per heavy atom. The maximum absolute atomic E-state index is 10.6. The molecule has 0 aliphatic heterocycles. The van der Waals surface area contributed by atoms with Crippen LogP contribution in [-0.2, 0) is 22.5 Å². The van der Waals surface area contributed by atoms with Crippen molar-refractivity contribution >= 4 is 17.3 Å². The van der Waals surface area contributed by atoms with Crippen LogP contribution >= 0.6 is 11.3 Å². The Morgan fingerprint density at radius 1 is 1.50 bits per heavy atom. The van der Waals surface area contributed by atoms with Gasteiger partial charge in [0, 0.05) is 28.9 Å². The second kappa shape index (κ2) is 6.31. The van der Waals surface area contributed by atoms with Crippen molar-refractivity contribution < 1.29 is 14.6 Å². The van der Waals surface area contributed by atoms with Gasteiger partial charge in [-0.1, -0.05) is 0 Å². The third-order valence-corrected chi connectivity index (χ3v) is 4.19. The fourth-order valence-electron chi connectivity index (χ4n) is 2.11. The topological polar surface area (TPSA) is 58.6 Å². The van der Waals surface area contributed by atoms with Crippen LogP contribution < -0.4 is 5.32 Å². The van der Waals surface area contributed by atoms with E-state index in [0.29, 0.717) is 12.1 Å². The van der Waals surface area contributed by atoms with Crippen LogP contribution in [0, 0.1) is 0 Å². The van der Waals surface area contributed by atoms with E-state index in [1.165, 1.54) is 4.88 Å². The SMILES string of the molecule is CCOC1CC(NCc2ccc(CC(=O)O)s2)C1. The number of hydrogen-bond acceptors (Lipinski definition) is 4. The van der Waals surface area contributed by atoms with Gasteiger partial charge in [0.05, 0.1) is 12.5 Å². The molecule has 1 aromatic rings. The van der Waals surface area contributed by atoms with Crippen molar-refractivity contribution in [1.29, 1.82) is 0 Å². The summed E-state index contributed by atoms with van der Waals surface area (Å²) in [5.74, 6) is -0.769. The minimum atomic E-state index is -0.769. The Morgan fingerprint density at radius 2 is 2.22 bits per heavy atom. The van der Waals surface area contributed by atoms with Crippen LogP contribution in [0.25, 0.3) is 0 Å². The number of rotatable bonds is 7. The highest BCUT2D eigenvalue weighted by atomic mass is 32.1. The van der Waals surface area contributed by atoms with Crippen molar-refractivity contribution in [2.24, 2.45) is 0 Å². The first kappa shape index (κ1) is 13.5. The number of hydrogen-bond donors (Lipinski definition) is 2. The minimum Gasteiger partial charge on any atom is -0.481 e. The van der Waals surface area contributed by atoms with Crippen LogP contribution in [0.4, 0.5) is 0 Å². The number of carboxylic acids is 1. The van der Waals surface area contributed by atoms with E-state index in [2.05, 4.69) is 5.32 Å². The molecule has 0 atom stereocenters. The molecule has 18 heavy (non-hydrogen) atoms. The third kappa shape index (κ3) is 3.80. The quantitative estimate of drug-likeness (QED) is 0.795. The molecule has 1 aromatic heterocycles. The number of carbonyl (C=O) groups is 1. The molecule has 4 nitrogen and oxygen atoms in total. The number of aliphatic carboxylic acids is 1. The summed E-state index contributed by atoms with van der Waals surface area (Å²) >= 11 is 1.57. The van der Waals surface area contributed by atoms with Gasteiger partial charge in [0.2, 0.25) is 0 Å². The van der Waals surface area contributed by atoms with Crippen LogP contribution in [0.1, 0.15) is 29.5 Å². The maximum atomic E-state index is 10.6. The summed E-state index contributed by atoms with van der Waals surface area (Å²) in [7, 11) is 0. The number of nitrogens with one attached hydrogen (secondary N) is 1. The molecule has 5 heteroatoms. The molecule has 0 amide bonds. The van der Waals surface area contributed by atoms with Crippen molar-refractivity contribution in [3.8, 4) is 0 Å². The standard InChI is InChI=1S/C13H19NO3S/c1-2-17-10-5-9(6-10)14-8-12-4-3-11(18-12)7-13(15)16/h3-4,9-10,14H,2,5-8H2,1H3,(H,15,16). The van der Waals surface area contributed by atoms with Crippen molar-refractivity contribution in [2.75, 3.05) is 6.61 Å². The van der Waals surface area contributed by atoms with Gasteiger partial charge in [0.1, 0.15) is 0 Å². The van der Waals surface area contributed by atoms with Gasteiger partial charge in [-0.3, -0.25) is 4.79 Å². The lowest BCUT2D eigenvalue weighted by Crippen LogP contribution is -2.44. The van der Waals surface area contributed by atoms with Crippen LogP contribution in [-0.4, -0.2) is 29.8 Å². The lowest BCUT2D eigenvalue weighted by Gasteiger charge is -2.35. The Hall–Kier alpha value is -0.910. The van der Waals surface area contributed by atoms with Gasteiger partial charge in [-0.05, 0) is 31.9 Å². The molecule has 0 spiro atoms. The highest BCUT2D eigenvalue weighted by Crippen LogP contribution is 2.24. The summed E-state index contributed by atoms with van der Waals surface area (Å²) in [6.45, 7) is 3.64. The molecule has 0 unspecified atom stereocenters. The van der Waals surface area contributed by atoms with Crippen molar-refractivity contribution in [3.63, 3.8) is 0 Å². The predicted octanol–water partition coefficient (Wildman–Crippen LogP) is 2.03. The van der Waals surface area contributed by atoms with E-state index >= 15 is 0 Å². The van der Waals surface area contributed by atoms with Crippen LogP contribution in [0.15, 0.2) is 12.1 Å². The number of ether oxygens (including phenoxy) is 1. The van der Waals surface area contributed by atoms with E-state index in [9.17, 15) is 4.79 Å². The largest absolute Gasteiger partial charge is 0.481 e. The molecule has 1 saturated carbocycles. The van der Waals surface area contributed by atoms with Crippen molar-refractivity contribution in [2.45, 2.75) is 44.9 Å². The van der Waals surface area contributed by atoms with Crippen LogP contribution in [0.2, 0.25) is 0 Å². The lowest BCUT2D eigenvalue weighted by molar-refractivity contribution is -0.136. The molecule has 1 fully saturated rings. The van der Waals surface area contributed by atoms with E-state index in [4.69, 9.17) is 9.84 Å². The van der Waals surface area contributed by atoms with E-state index in [0.717, 1.165) is 30.9 Å². The number of carboxylic acid groups (broad SMARTS) is 1. The Kier molecular flexibility index (Phi) is 4.74. The van der Waals surface area contributed by atoms with Gasteiger partial charge in [-0.15, -0.1) is 11.3 Å². The highest BCUT2D eigenvalue weighted by Gasteiger charge is 2.28. The Balaban J connectivity index is 1.68. The van der Waals surface area contributed by atoms with Gasteiger partial charge >= 0.3 is 5.97 Å². The minimum absolute atomic E-state index is 0.126. The first-order chi connectivity index (χ1) is 8.67. The predicted molar refractivity (Wildman–Crippen MR) is 70.9 cm³/mol. The van der Waals surface area contributed by atoms with Crippen molar-refractivity contribution in [1.82, 2.24) is 5.32 Å². The zero-order valence-electron chi connectivity index (χ0n) is 10.5. The molecule has 0 bridgehead atoms. The summed E-state index contributed by atoms with van der Waals surface area (Å²) < 4.78 is 5.51. The van der Waals surface area contributed by atoms with Gasteiger partial charge in [0.15, 0.2) is 0 Å². The summed E-state index contributed by atoms with van der Waals surface area (Å²) in [5, 5.41) is 12.2. The van der Waals surface area contributed by atoms with Gasteiger partial charge in [-0.25, -0.2) is 0 Å². The Labute approximate surface area is 111 Å². The second-order valence-corrected chi connectivity index (χ2v) is 5.82. The highest BCUT2D eigenvalue weighted by molar-refractivity contribution is 7.12. The summed E-state index contributed by atoms with van der Waals surface area (Å²) in [6.07, 6.45) is 2.72. The van der Waals surface area contributed by atoms with E-state index in [1.54, 1.807) is 11.3 Å². The molecule has 1 aliphatic rings. The molecule has 0 saturated heterocycles. The summed E-state index contributed by atoms with van der Waals surface area (Å²) in [6, 6.07) is 4.46. The fourth-order valence-corrected chi connectivity index (χ4v) is 3.07. The lowest BCUT2D eigenvalue weighted by atomic mass is 9.89. The Bertz CT molecular complexity index is 399. The van der Waals surface area contributed by atoms with Gasteiger partial charge in [-0.2, -0.15) is 0 Å². The molecule has 2 N–H and O–H groups in total. The first-order valence-electron chi connectivity index (χ1n) is 6.31. The molecule has 0 aromatic carbocycles. The van der Waals surface area contributed by atoms with E-state index < -0.39 is 5.97 Å². The van der Waals surface area contributed by atoms with Crippen LogP contribution in [0.3, 0.4) is 0 Å². The summed E-state index contributed by atoms with van der Waals surface area (Å²) in [4.78, 5) is 12.7.